The summed E-state index contributed by atoms with van der Waals surface area (Å²) >= 11 is 0. The van der Waals surface area contributed by atoms with Crippen molar-refractivity contribution in [1.29, 1.82) is 0 Å². The Morgan fingerprint density at radius 3 is 2.54 bits per heavy atom. The lowest BCUT2D eigenvalue weighted by Crippen LogP contribution is -2.49. The average molecular weight is 389 g/mol. The Labute approximate surface area is 167 Å². The van der Waals surface area contributed by atoms with Crippen LogP contribution >= 0.6 is 0 Å². The van der Waals surface area contributed by atoms with E-state index in [1.54, 1.807) is 0 Å². The fraction of sp³-hybridized carbons (Fsp3) is 0.818. The van der Waals surface area contributed by atoms with E-state index in [4.69, 9.17) is 4.74 Å². The van der Waals surface area contributed by atoms with Crippen molar-refractivity contribution in [2.24, 2.45) is 11.3 Å². The molecule has 28 heavy (non-hydrogen) atoms. The number of ether oxygens (including phenoxy) is 1. The van der Waals surface area contributed by atoms with Crippen LogP contribution in [-0.4, -0.2) is 66.0 Å². The minimum Gasteiger partial charge on any atom is -0.372 e. The minimum absolute atomic E-state index is 0.304. The van der Waals surface area contributed by atoms with Crippen molar-refractivity contribution in [3.05, 3.63) is 17.5 Å². The van der Waals surface area contributed by atoms with E-state index in [1.807, 2.05) is 19.9 Å². The molecule has 0 radical (unpaired) electrons. The molecule has 0 aromatic carbocycles. The number of rotatable bonds is 3. The van der Waals surface area contributed by atoms with E-state index in [2.05, 4.69) is 19.8 Å². The number of nitrogens with zero attached hydrogens (tertiary/aromatic N) is 4. The monoisotopic (exact) mass is 388 g/mol. The molecule has 3 aliphatic heterocycles. The zero-order valence-corrected chi connectivity index (χ0v) is 17.2. The normalized spacial score (nSPS) is 33.1. The van der Waals surface area contributed by atoms with Crippen LogP contribution < -0.4 is 4.90 Å². The fourth-order valence-corrected chi connectivity index (χ4v) is 5.96. The van der Waals surface area contributed by atoms with E-state index in [-0.39, 0.29) is 0 Å². The van der Waals surface area contributed by atoms with Gasteiger partial charge in [0.2, 0.25) is 5.95 Å². The molecule has 1 spiro atoms. The van der Waals surface area contributed by atoms with E-state index < -0.39 is 6.17 Å². The molecule has 0 bridgehead atoms. The van der Waals surface area contributed by atoms with Gasteiger partial charge in [0, 0.05) is 31.0 Å². The molecule has 1 aromatic rings. The number of likely N-dealkylation sites (tertiary alicyclic amines) is 1. The van der Waals surface area contributed by atoms with Crippen LogP contribution in [0.15, 0.2) is 6.07 Å². The molecule has 1 unspecified atom stereocenters. The minimum atomic E-state index is -0.531. The topological polar surface area (TPSA) is 41.5 Å². The van der Waals surface area contributed by atoms with E-state index in [9.17, 15) is 4.39 Å². The van der Waals surface area contributed by atoms with Crippen molar-refractivity contribution in [3.63, 3.8) is 0 Å². The summed E-state index contributed by atoms with van der Waals surface area (Å²) in [6, 6.07) is 2.03. The lowest BCUT2D eigenvalue weighted by molar-refractivity contribution is -0.0435. The number of aromatic nitrogens is 2. The maximum absolute atomic E-state index is 13.3. The molecule has 5 nitrogen and oxygen atoms in total. The lowest BCUT2D eigenvalue weighted by Gasteiger charge is -2.49. The molecule has 1 saturated carbocycles. The van der Waals surface area contributed by atoms with Crippen molar-refractivity contribution in [2.75, 3.05) is 37.6 Å². The Bertz CT molecular complexity index is 692. The zero-order chi connectivity index (χ0) is 19.3. The van der Waals surface area contributed by atoms with E-state index in [1.165, 1.54) is 25.7 Å². The fourth-order valence-electron chi connectivity index (χ4n) is 5.96. The smallest absolute Gasteiger partial charge is 0.225 e. The molecule has 1 aliphatic carbocycles. The van der Waals surface area contributed by atoms with Gasteiger partial charge < -0.3 is 14.5 Å². The first-order valence-electron chi connectivity index (χ1n) is 11.1. The van der Waals surface area contributed by atoms with Gasteiger partial charge in [0.05, 0.1) is 12.2 Å². The van der Waals surface area contributed by atoms with Gasteiger partial charge >= 0.3 is 0 Å². The van der Waals surface area contributed by atoms with Crippen molar-refractivity contribution in [1.82, 2.24) is 14.9 Å². The van der Waals surface area contributed by atoms with Gasteiger partial charge in [-0.15, -0.1) is 0 Å². The molecular weight excluding hydrogens is 355 g/mol. The maximum atomic E-state index is 13.3. The Balaban J connectivity index is 1.14. The summed E-state index contributed by atoms with van der Waals surface area (Å²) in [6.07, 6.45) is 6.42. The summed E-state index contributed by atoms with van der Waals surface area (Å²) in [5, 5.41) is 0. The highest BCUT2D eigenvalue weighted by Crippen LogP contribution is 2.50. The molecule has 4 fully saturated rings. The summed E-state index contributed by atoms with van der Waals surface area (Å²) in [5.74, 6) is 1.53. The second-order valence-corrected chi connectivity index (χ2v) is 9.78. The second kappa shape index (κ2) is 7.21. The molecule has 0 amide bonds. The first kappa shape index (κ1) is 18.7. The maximum Gasteiger partial charge on any atom is 0.225 e. The molecule has 3 atom stereocenters. The second-order valence-electron chi connectivity index (χ2n) is 9.78. The molecule has 4 aliphatic rings. The van der Waals surface area contributed by atoms with Crippen molar-refractivity contribution in [2.45, 2.75) is 70.8 Å². The number of halogens is 1. The summed E-state index contributed by atoms with van der Waals surface area (Å²) in [5.41, 5.74) is 2.40. The molecule has 4 heterocycles. The molecule has 6 heteroatoms. The van der Waals surface area contributed by atoms with Crippen LogP contribution in [0.25, 0.3) is 0 Å². The molecule has 5 rings (SSSR count). The Hall–Kier alpha value is -1.27. The molecule has 3 saturated heterocycles. The highest BCUT2D eigenvalue weighted by atomic mass is 19.1. The van der Waals surface area contributed by atoms with Gasteiger partial charge in [-0.1, -0.05) is 0 Å². The predicted octanol–water partition coefficient (Wildman–Crippen LogP) is 3.29. The third kappa shape index (κ3) is 3.65. The summed E-state index contributed by atoms with van der Waals surface area (Å²) in [7, 11) is 0. The molecule has 1 aromatic heterocycles. The van der Waals surface area contributed by atoms with E-state index in [0.29, 0.717) is 23.5 Å². The van der Waals surface area contributed by atoms with Crippen LogP contribution in [0, 0.1) is 25.2 Å². The molecule has 0 N–H and O–H groups in total. The van der Waals surface area contributed by atoms with Crippen molar-refractivity contribution in [3.8, 4) is 0 Å². The number of hydrogen-bond acceptors (Lipinski definition) is 5. The van der Waals surface area contributed by atoms with Crippen molar-refractivity contribution < 1.29 is 9.13 Å². The van der Waals surface area contributed by atoms with Crippen LogP contribution in [0.4, 0.5) is 10.3 Å². The summed E-state index contributed by atoms with van der Waals surface area (Å²) < 4.78 is 19.8. The first-order valence-corrected chi connectivity index (χ1v) is 11.1. The van der Waals surface area contributed by atoms with Crippen molar-refractivity contribution >= 4 is 5.95 Å². The van der Waals surface area contributed by atoms with Crippen LogP contribution in [0.2, 0.25) is 0 Å². The third-order valence-electron chi connectivity index (χ3n) is 7.57. The van der Waals surface area contributed by atoms with Gasteiger partial charge in [0.25, 0.3) is 0 Å². The predicted molar refractivity (Wildman–Crippen MR) is 107 cm³/mol. The van der Waals surface area contributed by atoms with Crippen LogP contribution in [0.3, 0.4) is 0 Å². The molecule has 154 valence electrons. The van der Waals surface area contributed by atoms with Gasteiger partial charge in [-0.3, -0.25) is 0 Å². The van der Waals surface area contributed by atoms with E-state index in [0.717, 1.165) is 62.9 Å². The Morgan fingerprint density at radius 1 is 1.14 bits per heavy atom. The number of aryl methyl sites for hydroxylation is 2. The van der Waals surface area contributed by atoms with Gasteiger partial charge in [-0.2, -0.15) is 0 Å². The quantitative estimate of drug-likeness (QED) is 0.795. The molecular formula is C22H33FN4O. The highest BCUT2D eigenvalue weighted by Gasteiger charge is 2.47. The highest BCUT2D eigenvalue weighted by molar-refractivity contribution is 5.33. The number of fused-ring (bicyclic) bond motifs is 1. The Kier molecular flexibility index (Phi) is 4.82. The third-order valence-corrected chi connectivity index (χ3v) is 7.57. The van der Waals surface area contributed by atoms with E-state index >= 15 is 0 Å². The Morgan fingerprint density at radius 2 is 1.86 bits per heavy atom. The van der Waals surface area contributed by atoms with Gasteiger partial charge in [-0.25, -0.2) is 14.4 Å². The lowest BCUT2D eigenvalue weighted by atomic mass is 9.62. The van der Waals surface area contributed by atoms with Gasteiger partial charge in [-0.05, 0) is 82.9 Å². The summed E-state index contributed by atoms with van der Waals surface area (Å²) in [6.45, 7) is 9.28. The van der Waals surface area contributed by atoms with Gasteiger partial charge in [0.15, 0.2) is 0 Å². The van der Waals surface area contributed by atoms with Crippen LogP contribution in [-0.2, 0) is 4.74 Å². The average Bonchev–Trinajstić information content (AvgIpc) is 3.03. The number of piperidine rings is 2. The first-order chi connectivity index (χ1) is 13.5. The zero-order valence-electron chi connectivity index (χ0n) is 17.2. The standard InChI is InChI=1S/C22H33FN4O/c1-15-9-16(2)25-21(24-15)27-6-3-17-10-19(28-20(17)14-27)13-26-7-4-22(5-8-26)11-18(23)12-22/h9,17-20H,3-8,10-14H2,1-2H3/t17-,19?,20-/m0/s1. The number of anilines is 1. The van der Waals surface area contributed by atoms with Crippen LogP contribution in [0.1, 0.15) is 49.9 Å². The number of alkyl halides is 1. The number of hydrogen-bond donors (Lipinski definition) is 0. The van der Waals surface area contributed by atoms with Gasteiger partial charge in [0.1, 0.15) is 6.17 Å². The SMILES string of the molecule is Cc1cc(C)nc(N2CC[C@H]3CC(CN4CCC5(CC4)CC(F)C5)O[C@H]3C2)n1. The van der Waals surface area contributed by atoms with Crippen LogP contribution in [0.5, 0.6) is 0 Å². The largest absolute Gasteiger partial charge is 0.372 e. The summed E-state index contributed by atoms with van der Waals surface area (Å²) in [4.78, 5) is 14.1.